The number of hydrogen-bond acceptors (Lipinski definition) is 10. The number of likely N-dealkylation sites (tertiary alicyclic amines) is 1. The fourth-order valence-electron chi connectivity index (χ4n) is 10.2. The van der Waals surface area contributed by atoms with Crippen molar-refractivity contribution in [2.75, 3.05) is 58.4 Å². The summed E-state index contributed by atoms with van der Waals surface area (Å²) in [5.41, 5.74) is 9.88. The summed E-state index contributed by atoms with van der Waals surface area (Å²) >= 11 is 0. The molecule has 0 radical (unpaired) electrons. The number of nitrogens with zero attached hydrogens (tertiary/aromatic N) is 6. The number of carbonyl (C=O) groups is 5. The van der Waals surface area contributed by atoms with Gasteiger partial charge in [0.1, 0.15) is 18.1 Å². The van der Waals surface area contributed by atoms with Crippen molar-refractivity contribution in [1.82, 2.24) is 35.1 Å². The summed E-state index contributed by atoms with van der Waals surface area (Å²) in [4.78, 5) is 79.6. The highest BCUT2D eigenvalue weighted by molar-refractivity contribution is 7.60. The molecular weight excluding hydrogens is 985 g/mol. The number of aryl methyl sites for hydroxylation is 1. The summed E-state index contributed by atoms with van der Waals surface area (Å²) in [6.07, 6.45) is 8.09. The minimum absolute atomic E-state index is 0. The first kappa shape index (κ1) is 62.3. The lowest BCUT2D eigenvalue weighted by Gasteiger charge is -2.38. The van der Waals surface area contributed by atoms with Crippen molar-refractivity contribution in [2.45, 2.75) is 111 Å². The first-order chi connectivity index (χ1) is 31.0. The van der Waals surface area contributed by atoms with Crippen LogP contribution in [0.5, 0.6) is 0 Å². The molecule has 0 aliphatic carbocycles. The summed E-state index contributed by atoms with van der Waals surface area (Å²) in [6, 6.07) is 8.06. The Bertz CT molecular complexity index is 2360. The van der Waals surface area contributed by atoms with Crippen LogP contribution in [-0.2, 0) is 46.4 Å². The molecule has 20 heteroatoms. The van der Waals surface area contributed by atoms with E-state index in [-0.39, 0.29) is 117 Å². The number of rotatable bonds is 10. The van der Waals surface area contributed by atoms with Gasteiger partial charge in [0.15, 0.2) is 0 Å². The van der Waals surface area contributed by atoms with Gasteiger partial charge in [0.2, 0.25) is 17.7 Å². The highest BCUT2D eigenvalue weighted by Crippen LogP contribution is 2.42. The molecule has 15 nitrogen and oxygen atoms in total. The van der Waals surface area contributed by atoms with Crippen LogP contribution in [0.15, 0.2) is 60.8 Å². The number of aromatic nitrogens is 2. The maximum Gasteiger partial charge on any atom is 0.324 e. The van der Waals surface area contributed by atoms with E-state index in [1.165, 1.54) is 16.0 Å². The third kappa shape index (κ3) is 13.4. The predicted molar refractivity (Wildman–Crippen MR) is 302 cm³/mol. The zero-order valence-corrected chi connectivity index (χ0v) is 47.0. The molecule has 70 heavy (non-hydrogen) atoms. The number of anilines is 1. The number of esters is 1. The molecule has 390 valence electrons. The Labute approximate surface area is 449 Å². The van der Waals surface area contributed by atoms with Gasteiger partial charge in [0.25, 0.3) is 5.91 Å². The van der Waals surface area contributed by atoms with Crippen molar-refractivity contribution in [2.24, 2.45) is 17.3 Å². The number of cyclic esters (lactones) is 1. The molecule has 4 amide bonds. The van der Waals surface area contributed by atoms with Gasteiger partial charge in [-0.05, 0) is 100 Å². The van der Waals surface area contributed by atoms with Gasteiger partial charge in [-0.3, -0.25) is 34.0 Å². The largest absolute Gasteiger partial charge is 0.464 e. The molecule has 6 bridgehead atoms. The Morgan fingerprint density at radius 1 is 1.06 bits per heavy atom. The Balaban J connectivity index is 0.00000336. The van der Waals surface area contributed by atoms with Gasteiger partial charge in [0.05, 0.1) is 30.0 Å². The number of likely N-dealkylation sites (N-methyl/N-ethyl adjacent to an activating group) is 1. The van der Waals surface area contributed by atoms with Crippen LogP contribution >= 0.6 is 67.5 Å². The van der Waals surface area contributed by atoms with E-state index in [1.807, 2.05) is 26.8 Å². The smallest absolute Gasteiger partial charge is 0.324 e. The highest BCUT2D eigenvalue weighted by atomic mass is 32.1. The van der Waals surface area contributed by atoms with Crippen molar-refractivity contribution >= 4 is 114 Å². The zero-order valence-electron chi connectivity index (χ0n) is 42.0. The first-order valence-electron chi connectivity index (χ1n) is 23.3. The predicted octanol–water partition coefficient (Wildman–Crippen LogP) is 6.14. The second-order valence-electron chi connectivity index (χ2n) is 19.3. The lowest BCUT2D eigenvalue weighted by atomic mass is 9.84. The first-order valence-corrected chi connectivity index (χ1v) is 23.3. The van der Waals surface area contributed by atoms with E-state index in [0.717, 1.165) is 64.2 Å². The molecule has 6 heterocycles. The summed E-state index contributed by atoms with van der Waals surface area (Å²) in [6.45, 7) is 18.9. The number of fused-ring (bicyclic) bond motifs is 6. The monoisotopic (exact) mass is 1060 g/mol. The van der Waals surface area contributed by atoms with Crippen LogP contribution in [0.25, 0.3) is 22.2 Å². The van der Waals surface area contributed by atoms with Crippen molar-refractivity contribution < 1.29 is 33.4 Å². The summed E-state index contributed by atoms with van der Waals surface area (Å²) in [7, 11) is 3.32. The number of pyridine rings is 1. The number of amides is 4. The molecule has 2 aromatic heterocycles. The van der Waals surface area contributed by atoms with Crippen LogP contribution < -0.4 is 15.6 Å². The van der Waals surface area contributed by atoms with Crippen LogP contribution in [0.1, 0.15) is 91.0 Å². The molecular formula is C50H78N8O7S5. The van der Waals surface area contributed by atoms with Crippen LogP contribution in [0.3, 0.4) is 0 Å². The number of nitrogens with one attached hydrogen (secondary N) is 2. The van der Waals surface area contributed by atoms with Crippen molar-refractivity contribution in [3.63, 3.8) is 0 Å². The van der Waals surface area contributed by atoms with E-state index in [1.54, 1.807) is 25.3 Å². The zero-order chi connectivity index (χ0) is 46.7. The molecule has 3 aromatic rings. The molecule has 2 N–H and O–H groups in total. The molecule has 5 atom stereocenters. The van der Waals surface area contributed by atoms with Gasteiger partial charge in [0, 0.05) is 87.2 Å². The molecule has 0 unspecified atom stereocenters. The Hall–Kier alpha value is -3.79. The van der Waals surface area contributed by atoms with Crippen LogP contribution in [0.4, 0.5) is 5.69 Å². The Kier molecular flexibility index (Phi) is 23.8. The maximum absolute atomic E-state index is 14.7. The molecule has 2 fully saturated rings. The van der Waals surface area contributed by atoms with Gasteiger partial charge in [-0.2, -0.15) is 67.5 Å². The quantitative estimate of drug-likeness (QED) is 0.137. The molecule has 4 aliphatic rings. The van der Waals surface area contributed by atoms with E-state index in [4.69, 9.17) is 14.5 Å². The highest BCUT2D eigenvalue weighted by Gasteiger charge is 2.40. The summed E-state index contributed by atoms with van der Waals surface area (Å²) < 4.78 is 14.3. The average Bonchev–Trinajstić information content (AvgIpc) is 3.92. The van der Waals surface area contributed by atoms with Crippen LogP contribution in [-0.4, -0.2) is 126 Å². The average molecular weight is 1060 g/mol. The van der Waals surface area contributed by atoms with Crippen molar-refractivity contribution in [3.05, 3.63) is 72.1 Å². The number of benzene rings is 1. The van der Waals surface area contributed by atoms with E-state index in [9.17, 15) is 24.0 Å². The fourth-order valence-corrected chi connectivity index (χ4v) is 10.2. The second-order valence-corrected chi connectivity index (χ2v) is 19.3. The fraction of sp³-hybridized carbons (Fsp3) is 0.560. The van der Waals surface area contributed by atoms with Gasteiger partial charge in [-0.25, -0.2) is 5.43 Å². The number of methoxy groups -OCH3 is 1. The van der Waals surface area contributed by atoms with E-state index < -0.39 is 41.3 Å². The standard InChI is InChI=1S/C50H68N8O7.5H2S/c1-10-42(59)56-24-20-34(29-56)47(61)54(8)44(31(3)4)46(60)52-40-25-33-15-13-22-55(28-33)35-18-19-41-37(26-35)38(45(57(41)11-2)36-16-12-21-51-43(36)32(5)64-9)27-50(6,7)30-65-49(63)39-17-14-23-58(53-39)48(40)62;;;;;/h10,12,15-16,18-19,21,26,31-32,34,39-40,44,53H,1,11,13-14,17,20,22-25,27-30H2,2-9H3,(H,52,60);5*1H2/t32-,34-,39-,40-,44-;;;;;/m0...../s1. The van der Waals surface area contributed by atoms with Crippen LogP contribution in [0.2, 0.25) is 0 Å². The van der Waals surface area contributed by atoms with E-state index in [0.29, 0.717) is 45.3 Å². The minimum atomic E-state index is -0.996. The molecule has 0 saturated carbocycles. The van der Waals surface area contributed by atoms with Crippen LogP contribution in [0, 0.1) is 17.3 Å². The lowest BCUT2D eigenvalue weighted by molar-refractivity contribution is -0.155. The van der Waals surface area contributed by atoms with E-state index >= 15 is 0 Å². The van der Waals surface area contributed by atoms with Gasteiger partial charge in [-0.1, -0.05) is 45.9 Å². The Morgan fingerprint density at radius 3 is 2.46 bits per heavy atom. The topological polar surface area (TPSA) is 159 Å². The molecule has 0 spiro atoms. The third-order valence-corrected chi connectivity index (χ3v) is 13.7. The summed E-state index contributed by atoms with van der Waals surface area (Å²) in [5, 5.41) is 5.67. The third-order valence-electron chi connectivity index (χ3n) is 13.7. The molecule has 2 saturated heterocycles. The summed E-state index contributed by atoms with van der Waals surface area (Å²) in [5.74, 6) is -2.44. The van der Waals surface area contributed by atoms with E-state index in [2.05, 4.69) is 77.9 Å². The second kappa shape index (κ2) is 26.8. The van der Waals surface area contributed by atoms with Gasteiger partial charge in [-0.15, -0.1) is 0 Å². The van der Waals surface area contributed by atoms with Crippen molar-refractivity contribution in [1.29, 1.82) is 0 Å². The SMILES string of the molecule is C=CC(=O)N1CC[C@H](C(=O)N(C)[C@H](C(=O)N[C@H]2CC3=CCCN(C3)c3ccc4c(c3)c(c(-c3cccnc3[C@H](C)OC)n4CC)CC(C)(C)COC(=O)[C@@H]3CCCN(N3)C2=O)C(C)C)C1.S.S.S.S.S. The van der Waals surface area contributed by atoms with Crippen molar-refractivity contribution in [3.8, 4) is 11.3 Å². The molecule has 7 rings (SSSR count). The number of ether oxygens (including phenoxy) is 2. The number of carbonyl (C=O) groups excluding carboxylic acids is 5. The van der Waals surface area contributed by atoms with Gasteiger partial charge < -0.3 is 34.1 Å². The molecule has 4 aliphatic heterocycles. The maximum atomic E-state index is 14.7. The number of hydrogen-bond donors (Lipinski definition) is 2. The number of hydrazine groups is 1. The molecule has 1 aromatic carbocycles. The minimum Gasteiger partial charge on any atom is -0.464 e. The normalized spacial score (nSPS) is 20.9. The van der Waals surface area contributed by atoms with Gasteiger partial charge >= 0.3 is 5.97 Å². The Morgan fingerprint density at radius 2 is 1.79 bits per heavy atom. The lowest BCUT2D eigenvalue weighted by Crippen LogP contribution is -2.62.